The van der Waals surface area contributed by atoms with Crippen molar-refractivity contribution in [3.63, 3.8) is 0 Å². The van der Waals surface area contributed by atoms with E-state index in [2.05, 4.69) is 48.5 Å². The first kappa shape index (κ1) is 78.1. The average molecular weight is 1190 g/mol. The van der Waals surface area contributed by atoms with Crippen LogP contribution in [-0.4, -0.2) is 96.7 Å². The number of rotatable bonds is 59. The van der Waals surface area contributed by atoms with Crippen LogP contribution in [0.25, 0.3) is 0 Å². The number of hydrogen-bond acceptors (Lipinski definition) is 15. The van der Waals surface area contributed by atoms with Crippen LogP contribution < -0.4 is 0 Å². The van der Waals surface area contributed by atoms with Crippen molar-refractivity contribution in [1.29, 1.82) is 0 Å². The number of phosphoric acid groups is 2. The number of hydrogen-bond donors (Lipinski definition) is 3. The summed E-state index contributed by atoms with van der Waals surface area (Å²) < 4.78 is 67.8. The Kier molecular flexibility index (Phi) is 51.3. The molecule has 0 aromatic carbocycles. The van der Waals surface area contributed by atoms with Crippen LogP contribution in [0.2, 0.25) is 0 Å². The molecule has 17 nitrogen and oxygen atoms in total. The number of phosphoric ester groups is 2. The minimum absolute atomic E-state index is 0.101. The van der Waals surface area contributed by atoms with Crippen molar-refractivity contribution in [2.24, 2.45) is 17.8 Å². The molecule has 0 bridgehead atoms. The monoisotopic (exact) mass is 1180 g/mol. The molecule has 0 rings (SSSR count). The zero-order valence-corrected chi connectivity index (χ0v) is 53.3. The maximum Gasteiger partial charge on any atom is 0.472 e. The number of unbranched alkanes of at least 4 members (excludes halogenated alkanes) is 25. The van der Waals surface area contributed by atoms with Gasteiger partial charge in [-0.05, 0) is 43.4 Å². The number of esters is 4. The molecule has 0 heterocycles. The zero-order valence-electron chi connectivity index (χ0n) is 51.5. The lowest BCUT2D eigenvalue weighted by atomic mass is 9.99. The van der Waals surface area contributed by atoms with Crippen molar-refractivity contribution in [3.05, 3.63) is 0 Å². The van der Waals surface area contributed by atoms with E-state index in [1.807, 2.05) is 0 Å². The first-order valence-corrected chi connectivity index (χ1v) is 34.9. The Hall–Kier alpha value is -1.94. The fraction of sp³-hybridized carbons (Fsp3) is 0.934. The highest BCUT2D eigenvalue weighted by Crippen LogP contribution is 2.45. The average Bonchev–Trinajstić information content (AvgIpc) is 3.42. The van der Waals surface area contributed by atoms with Gasteiger partial charge < -0.3 is 33.8 Å². The van der Waals surface area contributed by atoms with Crippen LogP contribution in [0.1, 0.15) is 292 Å². The molecule has 7 atom stereocenters. The van der Waals surface area contributed by atoms with Gasteiger partial charge in [0.2, 0.25) is 0 Å². The van der Waals surface area contributed by atoms with Gasteiger partial charge in [-0.2, -0.15) is 0 Å². The van der Waals surface area contributed by atoms with Crippen LogP contribution in [0.4, 0.5) is 0 Å². The van der Waals surface area contributed by atoms with Crippen molar-refractivity contribution in [2.75, 3.05) is 39.6 Å². The number of aliphatic hydroxyl groups excluding tert-OH is 1. The van der Waals surface area contributed by atoms with E-state index in [4.69, 9.17) is 37.0 Å². The summed E-state index contributed by atoms with van der Waals surface area (Å²) in [5, 5.41) is 10.5. The summed E-state index contributed by atoms with van der Waals surface area (Å²) in [7, 11) is -9.88. The molecular weight excluding hydrogens is 1070 g/mol. The fourth-order valence-electron chi connectivity index (χ4n) is 8.89. The van der Waals surface area contributed by atoms with E-state index in [0.717, 1.165) is 108 Å². The Morgan fingerprint density at radius 2 is 0.637 bits per heavy atom. The lowest BCUT2D eigenvalue weighted by Crippen LogP contribution is -2.30. The smallest absolute Gasteiger partial charge is 0.462 e. The minimum atomic E-state index is -4.94. The summed E-state index contributed by atoms with van der Waals surface area (Å²) >= 11 is 0. The van der Waals surface area contributed by atoms with Gasteiger partial charge in [-0.1, -0.05) is 241 Å². The number of aliphatic hydroxyl groups is 1. The molecule has 0 saturated heterocycles. The first-order valence-electron chi connectivity index (χ1n) is 31.9. The van der Waals surface area contributed by atoms with Gasteiger partial charge in [0.15, 0.2) is 12.2 Å². The molecule has 3 N–H and O–H groups in total. The van der Waals surface area contributed by atoms with Crippen LogP contribution in [0.15, 0.2) is 0 Å². The molecule has 80 heavy (non-hydrogen) atoms. The molecule has 0 aliphatic carbocycles. The molecular formula is C61H118O17P2. The van der Waals surface area contributed by atoms with Crippen molar-refractivity contribution in [1.82, 2.24) is 0 Å². The van der Waals surface area contributed by atoms with Gasteiger partial charge in [-0.25, -0.2) is 9.13 Å². The van der Waals surface area contributed by atoms with Crippen molar-refractivity contribution in [3.8, 4) is 0 Å². The van der Waals surface area contributed by atoms with Crippen molar-refractivity contribution in [2.45, 2.75) is 311 Å². The van der Waals surface area contributed by atoms with Crippen LogP contribution in [0.5, 0.6) is 0 Å². The maximum atomic E-state index is 12.9. The van der Waals surface area contributed by atoms with E-state index < -0.39 is 97.5 Å². The summed E-state index contributed by atoms with van der Waals surface area (Å²) in [5.41, 5.74) is 0. The van der Waals surface area contributed by atoms with E-state index in [9.17, 15) is 43.2 Å². The third-order valence-corrected chi connectivity index (χ3v) is 16.5. The second-order valence-corrected chi connectivity index (χ2v) is 26.0. The summed E-state index contributed by atoms with van der Waals surface area (Å²) in [6.07, 6.45) is 32.2. The molecule has 0 aromatic rings. The van der Waals surface area contributed by atoms with Crippen molar-refractivity contribution >= 4 is 39.5 Å². The van der Waals surface area contributed by atoms with Gasteiger partial charge in [0.1, 0.15) is 19.3 Å². The second-order valence-electron chi connectivity index (χ2n) is 23.0. The Morgan fingerprint density at radius 1 is 0.362 bits per heavy atom. The zero-order chi connectivity index (χ0) is 59.5. The van der Waals surface area contributed by atoms with Crippen LogP contribution in [0, 0.1) is 17.8 Å². The predicted molar refractivity (Wildman–Crippen MR) is 317 cm³/mol. The van der Waals surface area contributed by atoms with Crippen molar-refractivity contribution < 1.29 is 80.2 Å². The van der Waals surface area contributed by atoms with Crippen LogP contribution >= 0.6 is 15.6 Å². The molecule has 0 aliphatic rings. The second kappa shape index (κ2) is 52.6. The summed E-state index contributed by atoms with van der Waals surface area (Å²) in [4.78, 5) is 72.0. The summed E-state index contributed by atoms with van der Waals surface area (Å²) in [6, 6.07) is 0. The van der Waals surface area contributed by atoms with E-state index in [0.29, 0.717) is 31.6 Å². The van der Waals surface area contributed by atoms with Crippen LogP contribution in [-0.2, 0) is 65.4 Å². The fourth-order valence-corrected chi connectivity index (χ4v) is 10.5. The molecule has 19 heteroatoms. The van der Waals surface area contributed by atoms with Gasteiger partial charge >= 0.3 is 39.5 Å². The molecule has 0 fully saturated rings. The molecule has 474 valence electrons. The Morgan fingerprint density at radius 3 is 0.950 bits per heavy atom. The lowest BCUT2D eigenvalue weighted by Gasteiger charge is -2.21. The maximum absolute atomic E-state index is 12.9. The Balaban J connectivity index is 5.25. The van der Waals surface area contributed by atoms with Gasteiger partial charge in [-0.15, -0.1) is 0 Å². The quantitative estimate of drug-likeness (QED) is 0.0222. The summed E-state index contributed by atoms with van der Waals surface area (Å²) in [5.74, 6) is 0.0229. The molecule has 0 aliphatic heterocycles. The highest BCUT2D eigenvalue weighted by Gasteiger charge is 2.30. The normalized spacial score (nSPS) is 15.1. The first-order chi connectivity index (χ1) is 38.3. The number of carbonyl (C=O) groups is 4. The molecule has 0 amide bonds. The minimum Gasteiger partial charge on any atom is -0.462 e. The largest absolute Gasteiger partial charge is 0.472 e. The van der Waals surface area contributed by atoms with E-state index in [1.54, 1.807) is 0 Å². The van der Waals surface area contributed by atoms with Gasteiger partial charge in [-0.3, -0.25) is 37.3 Å². The van der Waals surface area contributed by atoms with E-state index in [1.165, 1.54) is 96.3 Å². The third-order valence-electron chi connectivity index (χ3n) is 14.6. The van der Waals surface area contributed by atoms with Gasteiger partial charge in [0.25, 0.3) is 0 Å². The molecule has 0 aromatic heterocycles. The predicted octanol–water partition coefficient (Wildman–Crippen LogP) is 16.3. The van der Waals surface area contributed by atoms with Gasteiger partial charge in [0, 0.05) is 25.7 Å². The molecule has 0 spiro atoms. The van der Waals surface area contributed by atoms with Crippen LogP contribution in [0.3, 0.4) is 0 Å². The highest BCUT2D eigenvalue weighted by atomic mass is 31.2. The van der Waals surface area contributed by atoms with E-state index in [-0.39, 0.29) is 25.7 Å². The number of carbonyl (C=O) groups excluding carboxylic acids is 4. The topological polar surface area (TPSA) is 237 Å². The van der Waals surface area contributed by atoms with E-state index >= 15 is 0 Å². The molecule has 0 saturated carbocycles. The molecule has 4 unspecified atom stereocenters. The molecule has 0 radical (unpaired) electrons. The SMILES string of the molecule is CCCCCCCCCCCC(=O)OC[C@H](COP(=O)(O)OC[C@H](O)COP(=O)(O)OC[C@@H](COC(=O)CCCCCCCCC(C)CC)OC(=O)CCCCCCCCCCC(C)CC)OC(=O)CCCCCCCCC(C)C. The lowest BCUT2D eigenvalue weighted by molar-refractivity contribution is -0.161. The standard InChI is InChI=1S/C61H118O17P2/c1-8-11-12-13-14-15-19-28-35-42-58(63)71-48-57(78-61(66)45-38-31-23-21-25-32-39-52(4)5)51-76-80(69,70)74-47-55(62)46-73-79(67,68)75-50-56(49-72-59(64)43-36-29-24-22-27-34-41-54(7)10-3)77-60(65)44-37-30-20-17-16-18-26-33-40-53(6)9-2/h52-57,62H,8-51H2,1-7H3,(H,67,68)(H,69,70)/t53?,54?,55-,56-,57-/m1/s1. The third kappa shape index (κ3) is 52.8. The van der Waals surface area contributed by atoms with Gasteiger partial charge in [0.05, 0.1) is 26.4 Å². The highest BCUT2D eigenvalue weighted by molar-refractivity contribution is 7.47. The summed E-state index contributed by atoms with van der Waals surface area (Å²) in [6.45, 7) is 11.6. The number of ether oxygens (including phenoxy) is 4. The Bertz CT molecular complexity index is 1600. The Labute approximate surface area is 486 Å².